The molecular formula is C7H6ClF2N3O. The molecule has 0 saturated heterocycles. The predicted octanol–water partition coefficient (Wildman–Crippen LogP) is 1.35. The molecule has 1 aromatic heterocycles. The van der Waals surface area contributed by atoms with E-state index in [4.69, 9.17) is 23.1 Å². The van der Waals surface area contributed by atoms with Gasteiger partial charge in [0.05, 0.1) is 5.02 Å². The highest BCUT2D eigenvalue weighted by Crippen LogP contribution is 2.30. The van der Waals surface area contributed by atoms with Gasteiger partial charge in [0.15, 0.2) is 0 Å². The van der Waals surface area contributed by atoms with Gasteiger partial charge in [-0.25, -0.2) is 13.8 Å². The fourth-order valence-electron chi connectivity index (χ4n) is 0.892. The smallest absolute Gasteiger partial charge is 0.268 e. The number of carbonyl (C=O) groups excluding carboxylic acids is 1. The van der Waals surface area contributed by atoms with E-state index in [1.165, 1.54) is 0 Å². The van der Waals surface area contributed by atoms with E-state index in [2.05, 4.69) is 4.98 Å². The molecule has 4 N–H and O–H groups in total. The van der Waals surface area contributed by atoms with E-state index in [1.54, 1.807) is 0 Å². The number of alkyl halides is 2. The van der Waals surface area contributed by atoms with Gasteiger partial charge in [-0.15, -0.1) is 0 Å². The molecule has 7 heteroatoms. The molecule has 0 radical (unpaired) electrons. The Morgan fingerprint density at radius 1 is 1.57 bits per heavy atom. The molecule has 1 heterocycles. The highest BCUT2D eigenvalue weighted by molar-refractivity contribution is 6.34. The third-order valence-corrected chi connectivity index (χ3v) is 1.87. The van der Waals surface area contributed by atoms with Crippen LogP contribution in [0.2, 0.25) is 5.02 Å². The van der Waals surface area contributed by atoms with Gasteiger partial charge in [-0.05, 0) is 6.07 Å². The minimum absolute atomic E-state index is 0.224. The van der Waals surface area contributed by atoms with Crippen LogP contribution in [-0.2, 0) is 0 Å². The number of hydrogen-bond acceptors (Lipinski definition) is 3. The zero-order chi connectivity index (χ0) is 10.9. The molecule has 0 aliphatic rings. The van der Waals surface area contributed by atoms with Crippen molar-refractivity contribution in [1.29, 1.82) is 0 Å². The zero-order valence-electron chi connectivity index (χ0n) is 6.80. The number of anilines is 1. The molecular weight excluding hydrogens is 216 g/mol. The molecule has 4 nitrogen and oxygen atoms in total. The molecule has 0 fully saturated rings. The number of hydrogen-bond donors (Lipinski definition) is 2. The van der Waals surface area contributed by atoms with Gasteiger partial charge in [0.2, 0.25) is 0 Å². The van der Waals surface area contributed by atoms with Gasteiger partial charge in [0.25, 0.3) is 12.3 Å². The lowest BCUT2D eigenvalue weighted by molar-refractivity contribution is 0.0995. The maximum absolute atomic E-state index is 12.3. The Bertz CT molecular complexity index is 383. The van der Waals surface area contributed by atoms with Crippen molar-refractivity contribution in [3.05, 3.63) is 22.3 Å². The average molecular weight is 222 g/mol. The number of nitrogens with two attached hydrogens (primary N) is 2. The van der Waals surface area contributed by atoms with Crippen LogP contribution in [0.5, 0.6) is 0 Å². The van der Waals surface area contributed by atoms with Crippen LogP contribution in [0.25, 0.3) is 0 Å². The number of primary amides is 1. The summed E-state index contributed by atoms with van der Waals surface area (Å²) in [5.74, 6) is -1.22. The van der Waals surface area contributed by atoms with E-state index in [-0.39, 0.29) is 5.82 Å². The number of carbonyl (C=O) groups is 1. The molecule has 0 aromatic carbocycles. The summed E-state index contributed by atoms with van der Waals surface area (Å²) in [5, 5.41) is -0.457. The molecule has 0 spiro atoms. The van der Waals surface area contributed by atoms with Gasteiger partial charge in [-0.3, -0.25) is 4.79 Å². The van der Waals surface area contributed by atoms with Crippen molar-refractivity contribution in [2.45, 2.75) is 6.43 Å². The van der Waals surface area contributed by atoms with Crippen LogP contribution in [-0.4, -0.2) is 10.9 Å². The Hall–Kier alpha value is -1.43. The highest BCUT2D eigenvalue weighted by Gasteiger charge is 2.19. The minimum Gasteiger partial charge on any atom is -0.384 e. The van der Waals surface area contributed by atoms with E-state index >= 15 is 0 Å². The fourth-order valence-corrected chi connectivity index (χ4v) is 1.16. The molecule has 1 rings (SSSR count). The van der Waals surface area contributed by atoms with Crippen molar-refractivity contribution in [1.82, 2.24) is 4.98 Å². The van der Waals surface area contributed by atoms with Crippen LogP contribution in [0.4, 0.5) is 14.6 Å². The van der Waals surface area contributed by atoms with E-state index in [9.17, 15) is 13.6 Å². The number of nitrogens with zero attached hydrogens (tertiary/aromatic N) is 1. The lowest BCUT2D eigenvalue weighted by atomic mass is 10.2. The lowest BCUT2D eigenvalue weighted by Gasteiger charge is -2.06. The fraction of sp³-hybridized carbons (Fsp3) is 0.143. The monoisotopic (exact) mass is 221 g/mol. The molecule has 76 valence electrons. The second-order valence-corrected chi connectivity index (χ2v) is 2.84. The van der Waals surface area contributed by atoms with Gasteiger partial charge in [-0.1, -0.05) is 11.6 Å². The van der Waals surface area contributed by atoms with Crippen molar-refractivity contribution in [2.75, 3.05) is 5.73 Å². The van der Waals surface area contributed by atoms with Gasteiger partial charge in [-0.2, -0.15) is 0 Å². The number of nitrogen functional groups attached to an aromatic ring is 1. The van der Waals surface area contributed by atoms with Crippen LogP contribution in [0.1, 0.15) is 22.5 Å². The van der Waals surface area contributed by atoms with E-state index in [0.717, 1.165) is 6.07 Å². The summed E-state index contributed by atoms with van der Waals surface area (Å²) in [7, 11) is 0. The number of pyridine rings is 1. The first-order valence-corrected chi connectivity index (χ1v) is 3.85. The summed E-state index contributed by atoms with van der Waals surface area (Å²) in [4.78, 5) is 14.2. The second kappa shape index (κ2) is 3.75. The molecule has 1 amide bonds. The minimum atomic E-state index is -2.83. The van der Waals surface area contributed by atoms with Crippen LogP contribution >= 0.6 is 11.6 Å². The third kappa shape index (κ3) is 1.90. The van der Waals surface area contributed by atoms with Crippen LogP contribution in [0, 0.1) is 0 Å². The zero-order valence-corrected chi connectivity index (χ0v) is 7.55. The van der Waals surface area contributed by atoms with E-state index in [1.807, 2.05) is 0 Å². The number of amides is 1. The summed E-state index contributed by atoms with van der Waals surface area (Å²) in [5.41, 5.74) is 9.07. The Morgan fingerprint density at radius 3 is 2.57 bits per heavy atom. The Morgan fingerprint density at radius 2 is 2.14 bits per heavy atom. The first-order valence-electron chi connectivity index (χ1n) is 3.47. The Kier molecular flexibility index (Phi) is 2.85. The van der Waals surface area contributed by atoms with Crippen molar-refractivity contribution < 1.29 is 13.6 Å². The number of halogens is 3. The first-order chi connectivity index (χ1) is 6.43. The Balaban J connectivity index is 3.40. The molecule has 0 unspecified atom stereocenters. The van der Waals surface area contributed by atoms with E-state index in [0.29, 0.717) is 0 Å². The SMILES string of the molecule is NC(=O)c1nc(N)cc(C(F)F)c1Cl. The topological polar surface area (TPSA) is 82.0 Å². The standard InChI is InChI=1S/C7H6ClF2N3O/c8-4-2(6(9)10)1-3(11)13-5(4)7(12)14/h1,6H,(H2,11,13)(H2,12,14). The van der Waals surface area contributed by atoms with Crippen molar-refractivity contribution in [2.24, 2.45) is 5.73 Å². The lowest BCUT2D eigenvalue weighted by Crippen LogP contribution is -2.15. The van der Waals surface area contributed by atoms with E-state index < -0.39 is 28.6 Å². The van der Waals surface area contributed by atoms with Gasteiger partial charge in [0, 0.05) is 5.56 Å². The second-order valence-electron chi connectivity index (χ2n) is 2.46. The predicted molar refractivity (Wildman–Crippen MR) is 47.1 cm³/mol. The van der Waals surface area contributed by atoms with Gasteiger partial charge in [0.1, 0.15) is 11.5 Å². The van der Waals surface area contributed by atoms with Gasteiger partial charge < -0.3 is 11.5 Å². The highest BCUT2D eigenvalue weighted by atomic mass is 35.5. The normalized spacial score (nSPS) is 10.6. The third-order valence-electron chi connectivity index (χ3n) is 1.47. The first kappa shape index (κ1) is 10.6. The average Bonchev–Trinajstić information content (AvgIpc) is 2.07. The van der Waals surface area contributed by atoms with Crippen LogP contribution < -0.4 is 11.5 Å². The van der Waals surface area contributed by atoms with Gasteiger partial charge >= 0.3 is 0 Å². The van der Waals surface area contributed by atoms with Crippen LogP contribution in [0.15, 0.2) is 6.07 Å². The van der Waals surface area contributed by atoms with Crippen molar-refractivity contribution in [3.63, 3.8) is 0 Å². The van der Waals surface area contributed by atoms with Crippen molar-refractivity contribution in [3.8, 4) is 0 Å². The molecule has 1 aromatic rings. The van der Waals surface area contributed by atoms with Crippen LogP contribution in [0.3, 0.4) is 0 Å². The van der Waals surface area contributed by atoms with Crippen molar-refractivity contribution >= 4 is 23.3 Å². The summed E-state index contributed by atoms with van der Waals surface area (Å²) in [6.45, 7) is 0. The Labute approximate surface area is 82.9 Å². The molecule has 0 aliphatic heterocycles. The summed E-state index contributed by atoms with van der Waals surface area (Å²) in [6.07, 6.45) is -2.83. The molecule has 0 atom stereocenters. The summed E-state index contributed by atoms with van der Waals surface area (Å²) in [6, 6.07) is 0.902. The quantitative estimate of drug-likeness (QED) is 0.791. The molecule has 14 heavy (non-hydrogen) atoms. The summed E-state index contributed by atoms with van der Waals surface area (Å²) >= 11 is 5.47. The number of rotatable bonds is 2. The summed E-state index contributed by atoms with van der Waals surface area (Å²) < 4.78 is 24.7. The maximum atomic E-state index is 12.3. The molecule has 0 aliphatic carbocycles. The maximum Gasteiger partial charge on any atom is 0.268 e. The molecule has 0 saturated carbocycles. The molecule has 0 bridgehead atoms. The number of aromatic nitrogens is 1. The largest absolute Gasteiger partial charge is 0.384 e.